The Labute approximate surface area is 65.7 Å². The summed E-state index contributed by atoms with van der Waals surface area (Å²) in [5.41, 5.74) is 0. The summed E-state index contributed by atoms with van der Waals surface area (Å²) in [4.78, 5) is 9.80. The molecule has 0 aliphatic carbocycles. The Bertz CT molecular complexity index is 119. The van der Waals surface area contributed by atoms with Crippen molar-refractivity contribution in [2.45, 2.75) is 38.6 Å². The molecule has 0 N–H and O–H groups in total. The Kier molecular flexibility index (Phi) is 5.70. The van der Waals surface area contributed by atoms with Crippen LogP contribution >= 0.6 is 0 Å². The van der Waals surface area contributed by atoms with E-state index in [9.17, 15) is 14.5 Å². The standard InChI is InChI=1S/C7H14FNO2/c1-7(9(10)11)5-3-2-4-6-8/h7H,2-6H2,1H3. The molecule has 0 radical (unpaired) electrons. The molecule has 0 aliphatic rings. The third kappa shape index (κ3) is 5.76. The van der Waals surface area contributed by atoms with Crippen molar-refractivity contribution in [1.82, 2.24) is 0 Å². The van der Waals surface area contributed by atoms with Crippen molar-refractivity contribution < 1.29 is 9.31 Å². The zero-order valence-corrected chi connectivity index (χ0v) is 6.75. The summed E-state index contributed by atoms with van der Waals surface area (Å²) in [5.74, 6) is 0. The smallest absolute Gasteiger partial charge is 0.210 e. The minimum Gasteiger partial charge on any atom is -0.264 e. The minimum absolute atomic E-state index is 0.296. The molecule has 1 atom stereocenters. The lowest BCUT2D eigenvalue weighted by atomic mass is 10.1. The molecule has 0 saturated carbocycles. The van der Waals surface area contributed by atoms with Gasteiger partial charge in [-0.05, 0) is 12.8 Å². The molecule has 3 nitrogen and oxygen atoms in total. The molecular weight excluding hydrogens is 149 g/mol. The molecule has 0 aliphatic heterocycles. The maximum Gasteiger partial charge on any atom is 0.210 e. The molecular formula is C7H14FNO2. The zero-order valence-electron chi connectivity index (χ0n) is 6.75. The molecule has 0 rings (SSSR count). The van der Waals surface area contributed by atoms with Gasteiger partial charge in [-0.25, -0.2) is 0 Å². The third-order valence-corrected chi connectivity index (χ3v) is 1.62. The Hall–Kier alpha value is -0.670. The number of unbranched alkanes of at least 4 members (excludes halogenated alkanes) is 2. The van der Waals surface area contributed by atoms with E-state index in [4.69, 9.17) is 0 Å². The Morgan fingerprint density at radius 2 is 2.09 bits per heavy atom. The molecule has 0 fully saturated rings. The van der Waals surface area contributed by atoms with E-state index in [1.54, 1.807) is 6.92 Å². The van der Waals surface area contributed by atoms with Crippen LogP contribution in [0.5, 0.6) is 0 Å². The number of nitrogens with zero attached hydrogens (tertiary/aromatic N) is 1. The van der Waals surface area contributed by atoms with E-state index in [-0.39, 0.29) is 11.6 Å². The number of hydrogen-bond donors (Lipinski definition) is 0. The van der Waals surface area contributed by atoms with Gasteiger partial charge in [0.05, 0.1) is 6.67 Å². The molecule has 0 amide bonds. The molecule has 1 unspecified atom stereocenters. The van der Waals surface area contributed by atoms with E-state index in [2.05, 4.69) is 0 Å². The molecule has 0 aromatic rings. The fourth-order valence-corrected chi connectivity index (χ4v) is 0.816. The highest BCUT2D eigenvalue weighted by atomic mass is 19.1. The summed E-state index contributed by atoms with van der Waals surface area (Å²) in [6.45, 7) is 1.27. The predicted molar refractivity (Wildman–Crippen MR) is 40.9 cm³/mol. The van der Waals surface area contributed by atoms with Gasteiger partial charge >= 0.3 is 0 Å². The lowest BCUT2D eigenvalue weighted by Gasteiger charge is -2.01. The van der Waals surface area contributed by atoms with E-state index < -0.39 is 6.04 Å². The van der Waals surface area contributed by atoms with Crippen molar-refractivity contribution in [3.05, 3.63) is 10.1 Å². The number of hydrogen-bond acceptors (Lipinski definition) is 2. The summed E-state index contributed by atoms with van der Waals surface area (Å²) < 4.78 is 11.5. The number of rotatable bonds is 6. The van der Waals surface area contributed by atoms with Gasteiger partial charge in [-0.2, -0.15) is 0 Å². The Balaban J connectivity index is 3.17. The second-order valence-corrected chi connectivity index (χ2v) is 2.67. The summed E-state index contributed by atoms with van der Waals surface area (Å²) in [6, 6.07) is -0.477. The minimum atomic E-state index is -0.477. The van der Waals surface area contributed by atoms with E-state index >= 15 is 0 Å². The van der Waals surface area contributed by atoms with Gasteiger partial charge in [0, 0.05) is 18.3 Å². The maximum absolute atomic E-state index is 11.5. The number of alkyl halides is 1. The van der Waals surface area contributed by atoms with Crippen LogP contribution in [0, 0.1) is 10.1 Å². The Morgan fingerprint density at radius 1 is 1.45 bits per heavy atom. The van der Waals surface area contributed by atoms with Crippen LogP contribution in [0.3, 0.4) is 0 Å². The molecule has 66 valence electrons. The van der Waals surface area contributed by atoms with Crippen molar-refractivity contribution in [3.8, 4) is 0 Å². The van der Waals surface area contributed by atoms with Crippen molar-refractivity contribution in [2.75, 3.05) is 6.67 Å². The van der Waals surface area contributed by atoms with Gasteiger partial charge in [0.1, 0.15) is 0 Å². The van der Waals surface area contributed by atoms with Gasteiger partial charge in [0.2, 0.25) is 6.04 Å². The molecule has 11 heavy (non-hydrogen) atoms. The highest BCUT2D eigenvalue weighted by molar-refractivity contribution is 4.49. The van der Waals surface area contributed by atoms with Crippen molar-refractivity contribution in [1.29, 1.82) is 0 Å². The molecule has 0 aromatic heterocycles. The van der Waals surface area contributed by atoms with Crippen LogP contribution in [0.15, 0.2) is 0 Å². The van der Waals surface area contributed by atoms with E-state index in [1.807, 2.05) is 0 Å². The van der Waals surface area contributed by atoms with E-state index in [0.29, 0.717) is 12.8 Å². The first-order chi connectivity index (χ1) is 5.18. The van der Waals surface area contributed by atoms with Gasteiger partial charge in [-0.3, -0.25) is 14.5 Å². The maximum atomic E-state index is 11.5. The van der Waals surface area contributed by atoms with Crippen molar-refractivity contribution in [2.24, 2.45) is 0 Å². The average Bonchev–Trinajstić information content (AvgIpc) is 1.97. The van der Waals surface area contributed by atoms with Crippen LogP contribution in [0.2, 0.25) is 0 Å². The lowest BCUT2D eigenvalue weighted by Crippen LogP contribution is -2.14. The first kappa shape index (κ1) is 10.3. The highest BCUT2D eigenvalue weighted by Crippen LogP contribution is 2.05. The Morgan fingerprint density at radius 3 is 2.55 bits per heavy atom. The molecule has 0 aromatic carbocycles. The summed E-state index contributed by atoms with van der Waals surface area (Å²) in [5, 5.41) is 10.1. The van der Waals surface area contributed by atoms with E-state index in [1.165, 1.54) is 0 Å². The zero-order chi connectivity index (χ0) is 8.69. The third-order valence-electron chi connectivity index (χ3n) is 1.62. The fourth-order valence-electron chi connectivity index (χ4n) is 0.816. The average molecular weight is 163 g/mol. The normalized spacial score (nSPS) is 12.9. The fraction of sp³-hybridized carbons (Fsp3) is 1.00. The van der Waals surface area contributed by atoms with Crippen LogP contribution in [-0.4, -0.2) is 17.6 Å². The largest absolute Gasteiger partial charge is 0.264 e. The van der Waals surface area contributed by atoms with Gasteiger partial charge in [-0.1, -0.05) is 6.42 Å². The molecule has 0 bridgehead atoms. The van der Waals surface area contributed by atoms with Crippen LogP contribution in [0.25, 0.3) is 0 Å². The SMILES string of the molecule is CC(CCCCCF)[N+](=O)[O-]. The van der Waals surface area contributed by atoms with Crippen LogP contribution in [-0.2, 0) is 0 Å². The number of nitro groups is 1. The first-order valence-corrected chi connectivity index (χ1v) is 3.88. The van der Waals surface area contributed by atoms with Gasteiger partial charge < -0.3 is 0 Å². The molecule has 0 spiro atoms. The summed E-state index contributed by atoms with van der Waals surface area (Å²) >= 11 is 0. The predicted octanol–water partition coefficient (Wildman–Crippen LogP) is 2.18. The van der Waals surface area contributed by atoms with Crippen LogP contribution in [0.1, 0.15) is 32.6 Å². The van der Waals surface area contributed by atoms with Gasteiger partial charge in [0.25, 0.3) is 0 Å². The van der Waals surface area contributed by atoms with Gasteiger partial charge in [0.15, 0.2) is 0 Å². The summed E-state index contributed by atoms with van der Waals surface area (Å²) in [7, 11) is 0. The molecule has 0 heterocycles. The second-order valence-electron chi connectivity index (χ2n) is 2.67. The van der Waals surface area contributed by atoms with Gasteiger partial charge in [-0.15, -0.1) is 0 Å². The van der Waals surface area contributed by atoms with E-state index in [0.717, 1.165) is 12.8 Å². The monoisotopic (exact) mass is 163 g/mol. The number of halogens is 1. The molecule has 4 heteroatoms. The van der Waals surface area contributed by atoms with Crippen LogP contribution in [0.4, 0.5) is 4.39 Å². The molecule has 0 saturated heterocycles. The second kappa shape index (κ2) is 6.07. The van der Waals surface area contributed by atoms with Crippen molar-refractivity contribution in [3.63, 3.8) is 0 Å². The highest BCUT2D eigenvalue weighted by Gasteiger charge is 2.10. The first-order valence-electron chi connectivity index (χ1n) is 3.88. The van der Waals surface area contributed by atoms with Crippen LogP contribution < -0.4 is 0 Å². The summed E-state index contributed by atoms with van der Waals surface area (Å²) in [6.07, 6.45) is 2.61. The topological polar surface area (TPSA) is 43.1 Å². The van der Waals surface area contributed by atoms with Crippen molar-refractivity contribution >= 4 is 0 Å². The quantitative estimate of drug-likeness (QED) is 0.342. The lowest BCUT2D eigenvalue weighted by molar-refractivity contribution is -0.519.